The Bertz CT molecular complexity index is 487. The third-order valence-electron chi connectivity index (χ3n) is 3.61. The maximum Gasteiger partial charge on any atom is 0.108 e. The van der Waals surface area contributed by atoms with Crippen LogP contribution in [0.1, 0.15) is 5.82 Å². The summed E-state index contributed by atoms with van der Waals surface area (Å²) < 4.78 is 0. The van der Waals surface area contributed by atoms with E-state index in [1.807, 2.05) is 24.7 Å². The lowest BCUT2D eigenvalue weighted by molar-refractivity contribution is 0.197. The maximum absolute atomic E-state index is 4.48. The second-order valence-electron chi connectivity index (χ2n) is 4.89. The predicted molar refractivity (Wildman–Crippen MR) is 71.4 cm³/mol. The van der Waals surface area contributed by atoms with E-state index < -0.39 is 0 Å². The summed E-state index contributed by atoms with van der Waals surface area (Å²) in [5.74, 6) is 1.06. The predicted octanol–water partition coefficient (Wildman–Crippen LogP) is 0.851. The van der Waals surface area contributed by atoms with E-state index in [1.54, 1.807) is 0 Å². The molecule has 0 aliphatic carbocycles. The summed E-state index contributed by atoms with van der Waals surface area (Å²) >= 11 is 0. The van der Waals surface area contributed by atoms with Crippen molar-refractivity contribution in [2.45, 2.75) is 12.5 Å². The SMILES string of the molecule is CN1CCNCC1Cc1ncc(-c2cc[nH]c2)[nH]1. The first-order valence-electron chi connectivity index (χ1n) is 6.41. The van der Waals surface area contributed by atoms with Crippen LogP contribution < -0.4 is 5.32 Å². The largest absolute Gasteiger partial charge is 0.367 e. The third-order valence-corrected chi connectivity index (χ3v) is 3.61. The van der Waals surface area contributed by atoms with Gasteiger partial charge in [-0.15, -0.1) is 0 Å². The van der Waals surface area contributed by atoms with Crippen molar-refractivity contribution in [3.63, 3.8) is 0 Å². The van der Waals surface area contributed by atoms with E-state index in [0.29, 0.717) is 6.04 Å². The van der Waals surface area contributed by atoms with Gasteiger partial charge in [-0.3, -0.25) is 0 Å². The molecule has 96 valence electrons. The zero-order valence-corrected chi connectivity index (χ0v) is 10.6. The fourth-order valence-corrected chi connectivity index (χ4v) is 2.42. The van der Waals surface area contributed by atoms with Crippen LogP contribution in [-0.2, 0) is 6.42 Å². The molecule has 0 aromatic carbocycles. The van der Waals surface area contributed by atoms with E-state index in [1.165, 1.54) is 0 Å². The van der Waals surface area contributed by atoms with Crippen LogP contribution >= 0.6 is 0 Å². The second kappa shape index (κ2) is 4.96. The van der Waals surface area contributed by atoms with Gasteiger partial charge in [0.25, 0.3) is 0 Å². The Morgan fingerprint density at radius 3 is 3.22 bits per heavy atom. The van der Waals surface area contributed by atoms with Gasteiger partial charge >= 0.3 is 0 Å². The van der Waals surface area contributed by atoms with Crippen LogP contribution in [-0.4, -0.2) is 52.6 Å². The van der Waals surface area contributed by atoms with Crippen molar-refractivity contribution in [1.82, 2.24) is 25.2 Å². The van der Waals surface area contributed by atoms with E-state index in [0.717, 1.165) is 43.1 Å². The molecule has 0 spiro atoms. The molecule has 5 heteroatoms. The van der Waals surface area contributed by atoms with Gasteiger partial charge in [0.2, 0.25) is 0 Å². The van der Waals surface area contributed by atoms with Crippen LogP contribution in [0.3, 0.4) is 0 Å². The molecule has 2 aromatic heterocycles. The number of H-pyrrole nitrogens is 2. The van der Waals surface area contributed by atoms with Crippen LogP contribution in [0, 0.1) is 0 Å². The number of hydrogen-bond donors (Lipinski definition) is 3. The standard InChI is InChI=1S/C13H19N5/c1-18-5-4-15-8-11(18)6-13-16-9-12(17-13)10-2-3-14-7-10/h2-3,7,9,11,14-15H,4-6,8H2,1H3,(H,16,17). The molecule has 0 saturated carbocycles. The van der Waals surface area contributed by atoms with Crippen LogP contribution in [0.5, 0.6) is 0 Å². The molecule has 1 saturated heterocycles. The molecule has 5 nitrogen and oxygen atoms in total. The molecule has 2 aromatic rings. The minimum absolute atomic E-state index is 0.531. The lowest BCUT2D eigenvalue weighted by Crippen LogP contribution is -2.50. The highest BCUT2D eigenvalue weighted by Crippen LogP contribution is 2.16. The second-order valence-corrected chi connectivity index (χ2v) is 4.89. The number of imidazole rings is 1. The quantitative estimate of drug-likeness (QED) is 0.751. The number of hydrogen-bond acceptors (Lipinski definition) is 3. The lowest BCUT2D eigenvalue weighted by Gasteiger charge is -2.32. The molecule has 1 atom stereocenters. The summed E-state index contributed by atoms with van der Waals surface area (Å²) in [6.45, 7) is 3.23. The van der Waals surface area contributed by atoms with Crippen molar-refractivity contribution in [1.29, 1.82) is 0 Å². The topological polar surface area (TPSA) is 59.7 Å². The highest BCUT2D eigenvalue weighted by Gasteiger charge is 2.20. The van der Waals surface area contributed by atoms with Crippen molar-refractivity contribution < 1.29 is 0 Å². The summed E-state index contributed by atoms with van der Waals surface area (Å²) in [6.07, 6.45) is 6.78. The number of rotatable bonds is 3. The van der Waals surface area contributed by atoms with Gasteiger partial charge in [-0.25, -0.2) is 4.98 Å². The lowest BCUT2D eigenvalue weighted by atomic mass is 10.1. The van der Waals surface area contributed by atoms with E-state index in [4.69, 9.17) is 0 Å². The molecule has 1 aliphatic rings. The minimum Gasteiger partial charge on any atom is -0.367 e. The Morgan fingerprint density at radius 1 is 1.50 bits per heavy atom. The number of aromatic nitrogens is 3. The first kappa shape index (κ1) is 11.5. The molecule has 0 amide bonds. The van der Waals surface area contributed by atoms with E-state index in [-0.39, 0.29) is 0 Å². The molecule has 3 heterocycles. The van der Waals surface area contributed by atoms with E-state index in [2.05, 4.69) is 32.2 Å². The molecule has 0 radical (unpaired) electrons. The van der Waals surface area contributed by atoms with Gasteiger partial charge in [-0.05, 0) is 13.1 Å². The minimum atomic E-state index is 0.531. The highest BCUT2D eigenvalue weighted by molar-refractivity contribution is 5.57. The summed E-state index contributed by atoms with van der Waals surface area (Å²) in [4.78, 5) is 13.3. The van der Waals surface area contributed by atoms with Crippen molar-refractivity contribution >= 4 is 0 Å². The summed E-state index contributed by atoms with van der Waals surface area (Å²) in [7, 11) is 2.18. The molecule has 18 heavy (non-hydrogen) atoms. The fraction of sp³-hybridized carbons (Fsp3) is 0.462. The van der Waals surface area contributed by atoms with Crippen molar-refractivity contribution in [3.8, 4) is 11.3 Å². The molecule has 0 bridgehead atoms. The molecule has 1 fully saturated rings. The van der Waals surface area contributed by atoms with E-state index >= 15 is 0 Å². The number of aromatic amines is 2. The number of nitrogens with one attached hydrogen (secondary N) is 3. The number of piperazine rings is 1. The van der Waals surface area contributed by atoms with Gasteiger partial charge in [-0.2, -0.15) is 0 Å². The third kappa shape index (κ3) is 2.32. The first-order valence-corrected chi connectivity index (χ1v) is 6.41. The maximum atomic E-state index is 4.48. The van der Waals surface area contributed by atoms with Crippen LogP contribution in [0.15, 0.2) is 24.7 Å². The molecular weight excluding hydrogens is 226 g/mol. The number of likely N-dealkylation sites (N-methyl/N-ethyl adjacent to an activating group) is 1. The Hall–Kier alpha value is -1.59. The Labute approximate surface area is 107 Å². The summed E-state index contributed by atoms with van der Waals surface area (Å²) in [5.41, 5.74) is 2.24. The zero-order chi connectivity index (χ0) is 12.4. The smallest absolute Gasteiger partial charge is 0.108 e. The van der Waals surface area contributed by atoms with Gasteiger partial charge in [-0.1, -0.05) is 0 Å². The van der Waals surface area contributed by atoms with Crippen LogP contribution in [0.25, 0.3) is 11.3 Å². The monoisotopic (exact) mass is 245 g/mol. The highest BCUT2D eigenvalue weighted by atomic mass is 15.2. The molecule has 1 unspecified atom stereocenters. The van der Waals surface area contributed by atoms with Gasteiger partial charge in [0.1, 0.15) is 5.82 Å². The number of nitrogens with zero attached hydrogens (tertiary/aromatic N) is 2. The molecule has 1 aliphatic heterocycles. The Morgan fingerprint density at radius 2 is 2.44 bits per heavy atom. The summed E-state index contributed by atoms with van der Waals surface area (Å²) in [5, 5.41) is 3.43. The summed E-state index contributed by atoms with van der Waals surface area (Å²) in [6, 6.07) is 2.58. The normalized spacial score (nSPS) is 21.3. The van der Waals surface area contributed by atoms with Gasteiger partial charge in [0, 0.05) is 50.1 Å². The zero-order valence-electron chi connectivity index (χ0n) is 10.6. The Kier molecular flexibility index (Phi) is 3.17. The van der Waals surface area contributed by atoms with Crippen molar-refractivity contribution in [2.24, 2.45) is 0 Å². The van der Waals surface area contributed by atoms with Crippen LogP contribution in [0.4, 0.5) is 0 Å². The molecule has 3 N–H and O–H groups in total. The van der Waals surface area contributed by atoms with Crippen LogP contribution in [0.2, 0.25) is 0 Å². The van der Waals surface area contributed by atoms with Gasteiger partial charge in [0.15, 0.2) is 0 Å². The molecule has 3 rings (SSSR count). The first-order chi connectivity index (χ1) is 8.83. The van der Waals surface area contributed by atoms with E-state index in [9.17, 15) is 0 Å². The van der Waals surface area contributed by atoms with Gasteiger partial charge in [0.05, 0.1) is 11.9 Å². The average Bonchev–Trinajstić information content (AvgIpc) is 3.02. The van der Waals surface area contributed by atoms with Gasteiger partial charge < -0.3 is 20.2 Å². The molecular formula is C13H19N5. The Balaban J connectivity index is 1.70. The average molecular weight is 245 g/mol. The van der Waals surface area contributed by atoms with Crippen molar-refractivity contribution in [2.75, 3.05) is 26.7 Å². The fourth-order valence-electron chi connectivity index (χ4n) is 2.42. The van der Waals surface area contributed by atoms with Crippen molar-refractivity contribution in [3.05, 3.63) is 30.5 Å².